The van der Waals surface area contributed by atoms with Gasteiger partial charge in [-0.05, 0) is 194 Å². The van der Waals surface area contributed by atoms with Crippen LogP contribution in [-0.2, 0) is 9.47 Å². The molecule has 0 bridgehead atoms. The largest absolute Gasteiger partial charge is 0.374 e. The molecular weight excluding hydrogens is 647 g/mol. The van der Waals surface area contributed by atoms with Crippen molar-refractivity contribution in [1.82, 2.24) is 4.90 Å². The van der Waals surface area contributed by atoms with E-state index in [9.17, 15) is 0 Å². The molecule has 0 spiro atoms. The number of fused-ring (bicyclic) bond motifs is 10. The molecule has 11 rings (SSSR count). The van der Waals surface area contributed by atoms with Gasteiger partial charge in [0.15, 0.2) is 0 Å². The van der Waals surface area contributed by atoms with Gasteiger partial charge in [0.05, 0.1) is 24.4 Å². The minimum absolute atomic E-state index is 0.510. The van der Waals surface area contributed by atoms with Crippen LogP contribution in [0, 0.1) is 71.0 Å². The summed E-state index contributed by atoms with van der Waals surface area (Å²) in [5, 5.41) is 0. The summed E-state index contributed by atoms with van der Waals surface area (Å²) in [5.74, 6) is 11.8. The van der Waals surface area contributed by atoms with Crippen molar-refractivity contribution in [3.05, 3.63) is 0 Å². The Kier molecular flexibility index (Phi) is 10.6. The van der Waals surface area contributed by atoms with Crippen molar-refractivity contribution in [2.45, 2.75) is 242 Å². The summed E-state index contributed by atoms with van der Waals surface area (Å²) in [5.41, 5.74) is 0. The summed E-state index contributed by atoms with van der Waals surface area (Å²) in [6.45, 7) is 0. The molecule has 11 fully saturated rings. The van der Waals surface area contributed by atoms with Gasteiger partial charge in [-0.15, -0.1) is 0 Å². The molecule has 3 nitrogen and oxygen atoms in total. The predicted molar refractivity (Wildman–Crippen MR) is 216 cm³/mol. The average Bonchev–Trinajstić information content (AvgIpc) is 3.81. The molecule has 53 heavy (non-hydrogen) atoms. The number of hydrogen-bond donors (Lipinski definition) is 0. The number of rotatable bonds is 5. The summed E-state index contributed by atoms with van der Waals surface area (Å²) >= 11 is 0. The highest BCUT2D eigenvalue weighted by Gasteiger charge is 2.61. The van der Waals surface area contributed by atoms with E-state index in [4.69, 9.17) is 9.47 Å². The molecule has 2 aliphatic heterocycles. The lowest BCUT2D eigenvalue weighted by atomic mass is 9.55. The zero-order valence-corrected chi connectivity index (χ0v) is 34.2. The van der Waals surface area contributed by atoms with Crippen molar-refractivity contribution in [3.63, 3.8) is 0 Å². The van der Waals surface area contributed by atoms with Crippen molar-refractivity contribution < 1.29 is 9.47 Å². The molecule has 2 saturated heterocycles. The van der Waals surface area contributed by atoms with Crippen LogP contribution in [0.2, 0.25) is 0 Å². The van der Waals surface area contributed by atoms with Crippen LogP contribution < -0.4 is 0 Å². The molecule has 2 heterocycles. The highest BCUT2D eigenvalue weighted by Crippen LogP contribution is 2.59. The highest BCUT2D eigenvalue weighted by atomic mass is 16.5. The molecular formula is C50H81NO2. The number of hydrogen-bond acceptors (Lipinski definition) is 3. The minimum atomic E-state index is 0.510. The SMILES string of the molecule is C1CCC(C2CCC(N(C3CCC(C4CCC5CCC6CCCCC6C5C4)CC3)C3CCCC4C5CCC6OC7CCCCC7C6C5OC43)CC2)CC1. The summed E-state index contributed by atoms with van der Waals surface area (Å²) in [7, 11) is 0. The molecule has 0 aromatic carbocycles. The molecule has 298 valence electrons. The van der Waals surface area contributed by atoms with Crippen molar-refractivity contribution in [2.75, 3.05) is 0 Å². The standard InChI is InChI=1S/C50H81NO2/c1-2-9-32(10-3-1)33-21-25-38(26-22-33)51(39-27-23-34(24-28-39)37-20-19-36-18-17-35-11-4-5-12-40(35)44(36)31-37)45-15-8-14-41-42-29-30-47-48(50(42)53-49(41)45)43-13-6-7-16-46(43)52-47/h32-50H,1-31H2. The molecule has 9 aliphatic carbocycles. The van der Waals surface area contributed by atoms with Crippen LogP contribution in [-0.4, -0.2) is 47.4 Å². The monoisotopic (exact) mass is 728 g/mol. The first-order valence-electron chi connectivity index (χ1n) is 25.3. The Hall–Kier alpha value is -0.120. The average molecular weight is 728 g/mol. The fourth-order valence-corrected chi connectivity index (χ4v) is 18.2. The molecule has 0 amide bonds. The van der Waals surface area contributed by atoms with Crippen molar-refractivity contribution in [3.8, 4) is 0 Å². The lowest BCUT2D eigenvalue weighted by Crippen LogP contribution is -2.58. The van der Waals surface area contributed by atoms with Crippen molar-refractivity contribution in [2.24, 2.45) is 71.0 Å². The Morgan fingerprint density at radius 3 is 1.62 bits per heavy atom. The van der Waals surface area contributed by atoms with Crippen molar-refractivity contribution >= 4 is 0 Å². The molecule has 0 aromatic rings. The zero-order chi connectivity index (χ0) is 34.9. The van der Waals surface area contributed by atoms with Gasteiger partial charge in [-0.25, -0.2) is 0 Å². The van der Waals surface area contributed by atoms with Gasteiger partial charge < -0.3 is 9.47 Å². The third-order valence-corrected chi connectivity index (χ3v) is 20.5. The first-order chi connectivity index (χ1) is 26.3. The molecule has 14 unspecified atom stereocenters. The van der Waals surface area contributed by atoms with Gasteiger partial charge in [0.1, 0.15) is 0 Å². The Balaban J connectivity index is 0.808. The second-order valence-electron chi connectivity index (χ2n) is 22.5. The van der Waals surface area contributed by atoms with E-state index in [1.807, 2.05) is 0 Å². The maximum absolute atomic E-state index is 7.71. The number of ether oxygens (including phenoxy) is 2. The second-order valence-corrected chi connectivity index (χ2v) is 22.5. The quantitative estimate of drug-likeness (QED) is 0.281. The minimum Gasteiger partial charge on any atom is -0.374 e. The summed E-state index contributed by atoms with van der Waals surface area (Å²) in [6, 6.07) is 2.36. The fraction of sp³-hybridized carbons (Fsp3) is 1.00. The second kappa shape index (κ2) is 15.6. The van der Waals surface area contributed by atoms with Crippen LogP contribution in [0.5, 0.6) is 0 Å². The molecule has 0 N–H and O–H groups in total. The van der Waals surface area contributed by atoms with Gasteiger partial charge in [0.25, 0.3) is 0 Å². The van der Waals surface area contributed by atoms with E-state index in [0.29, 0.717) is 36.4 Å². The van der Waals surface area contributed by atoms with E-state index in [2.05, 4.69) is 4.90 Å². The smallest absolute Gasteiger partial charge is 0.0766 e. The van der Waals surface area contributed by atoms with Crippen LogP contribution in [0.3, 0.4) is 0 Å². The number of nitrogens with zero attached hydrogens (tertiary/aromatic N) is 1. The van der Waals surface area contributed by atoms with E-state index in [0.717, 1.165) is 77.2 Å². The van der Waals surface area contributed by atoms with E-state index >= 15 is 0 Å². The maximum atomic E-state index is 7.71. The molecule has 9 saturated carbocycles. The van der Waals surface area contributed by atoms with Crippen LogP contribution in [0.15, 0.2) is 0 Å². The zero-order valence-electron chi connectivity index (χ0n) is 34.2. The summed E-state index contributed by atoms with van der Waals surface area (Å²) in [4.78, 5) is 3.33. The van der Waals surface area contributed by atoms with Gasteiger partial charge in [-0.1, -0.05) is 70.6 Å². The summed E-state index contributed by atoms with van der Waals surface area (Å²) < 4.78 is 14.6. The first-order valence-corrected chi connectivity index (χ1v) is 25.3. The topological polar surface area (TPSA) is 21.7 Å². The van der Waals surface area contributed by atoms with Crippen LogP contribution in [0.25, 0.3) is 0 Å². The van der Waals surface area contributed by atoms with Gasteiger partial charge in [-0.2, -0.15) is 0 Å². The van der Waals surface area contributed by atoms with Crippen LogP contribution in [0.1, 0.15) is 199 Å². The Morgan fingerprint density at radius 1 is 0.302 bits per heavy atom. The van der Waals surface area contributed by atoms with E-state index in [1.165, 1.54) is 122 Å². The van der Waals surface area contributed by atoms with E-state index < -0.39 is 0 Å². The highest BCUT2D eigenvalue weighted by molar-refractivity contribution is 5.10. The fourth-order valence-electron chi connectivity index (χ4n) is 18.2. The molecule has 3 heteroatoms. The Morgan fingerprint density at radius 2 is 0.849 bits per heavy atom. The summed E-state index contributed by atoms with van der Waals surface area (Å²) in [6.07, 6.45) is 48.8. The van der Waals surface area contributed by atoms with Gasteiger partial charge in [0.2, 0.25) is 0 Å². The lowest BCUT2D eigenvalue weighted by Gasteiger charge is -2.53. The van der Waals surface area contributed by atoms with Gasteiger partial charge >= 0.3 is 0 Å². The molecule has 0 aromatic heterocycles. The molecule has 14 atom stereocenters. The third kappa shape index (κ3) is 6.69. The normalized spacial score (nSPS) is 53.2. The Labute approximate surface area is 326 Å². The molecule has 11 aliphatic rings. The van der Waals surface area contributed by atoms with E-state index in [1.54, 1.807) is 77.0 Å². The lowest BCUT2D eigenvalue weighted by molar-refractivity contribution is -0.105. The maximum Gasteiger partial charge on any atom is 0.0766 e. The van der Waals surface area contributed by atoms with Gasteiger partial charge in [-0.3, -0.25) is 4.90 Å². The van der Waals surface area contributed by atoms with E-state index in [-0.39, 0.29) is 0 Å². The molecule has 0 radical (unpaired) electrons. The van der Waals surface area contributed by atoms with Gasteiger partial charge in [0, 0.05) is 24.0 Å². The van der Waals surface area contributed by atoms with Crippen LogP contribution in [0.4, 0.5) is 0 Å². The van der Waals surface area contributed by atoms with Crippen molar-refractivity contribution in [1.29, 1.82) is 0 Å². The Bertz CT molecular complexity index is 1210. The third-order valence-electron chi connectivity index (χ3n) is 20.5. The van der Waals surface area contributed by atoms with Crippen LogP contribution >= 0.6 is 0 Å². The first kappa shape index (κ1) is 36.0. The predicted octanol–water partition coefficient (Wildman–Crippen LogP) is 12.5.